The molecule has 0 unspecified atom stereocenters. The fourth-order valence-electron chi connectivity index (χ4n) is 2.13. The summed E-state index contributed by atoms with van der Waals surface area (Å²) in [6.07, 6.45) is 1.93. The molecular weight excluding hydrogens is 250 g/mol. The Morgan fingerprint density at radius 3 is 2.50 bits per heavy atom. The lowest BCUT2D eigenvalue weighted by atomic mass is 10.1. The third-order valence-corrected chi connectivity index (χ3v) is 3.55. The topological polar surface area (TPSA) is 39.1 Å². The smallest absolute Gasteiger partial charge is 0.0719 e. The molecule has 1 aromatic carbocycles. The molecule has 0 radical (unpaired) electrons. The predicted octanol–water partition coefficient (Wildman–Crippen LogP) is 2.55. The van der Waals surface area contributed by atoms with Crippen LogP contribution in [0.3, 0.4) is 0 Å². The fourth-order valence-corrected chi connectivity index (χ4v) is 2.13. The molecule has 4 heteroatoms. The van der Waals surface area contributed by atoms with Crippen molar-refractivity contribution in [2.24, 2.45) is 7.05 Å². The number of nitrogens with one attached hydrogen (secondary N) is 1. The Morgan fingerprint density at radius 1 is 1.15 bits per heavy atom. The van der Waals surface area contributed by atoms with Gasteiger partial charge in [0.1, 0.15) is 0 Å². The maximum Gasteiger partial charge on any atom is 0.0719 e. The molecule has 0 aliphatic carbocycles. The second kappa shape index (κ2) is 7.22. The summed E-state index contributed by atoms with van der Waals surface area (Å²) in [5.74, 6) is 0. The van der Waals surface area contributed by atoms with Gasteiger partial charge in [-0.15, -0.1) is 0 Å². The Kier molecular flexibility index (Phi) is 5.32. The number of nitrogens with zero attached hydrogens (tertiary/aromatic N) is 2. The molecule has 4 nitrogen and oxygen atoms in total. The summed E-state index contributed by atoms with van der Waals surface area (Å²) >= 11 is 0. The monoisotopic (exact) mass is 273 g/mol. The highest BCUT2D eigenvalue weighted by Gasteiger charge is 2.05. The Bertz CT molecular complexity index is 548. The van der Waals surface area contributed by atoms with Crippen molar-refractivity contribution in [2.75, 3.05) is 6.61 Å². The number of benzene rings is 1. The number of aryl methyl sites for hydroxylation is 1. The van der Waals surface area contributed by atoms with Crippen LogP contribution >= 0.6 is 0 Å². The molecule has 0 fully saturated rings. The molecule has 0 bridgehead atoms. The zero-order valence-electron chi connectivity index (χ0n) is 12.5. The van der Waals surface area contributed by atoms with E-state index in [1.54, 1.807) is 0 Å². The van der Waals surface area contributed by atoms with Crippen LogP contribution in [0.1, 0.15) is 29.3 Å². The van der Waals surface area contributed by atoms with Crippen LogP contribution in [0.2, 0.25) is 0 Å². The van der Waals surface area contributed by atoms with Crippen LogP contribution in [0.15, 0.2) is 30.5 Å². The number of ether oxygens (including phenoxy) is 1. The van der Waals surface area contributed by atoms with Gasteiger partial charge in [0.2, 0.25) is 0 Å². The molecule has 0 atom stereocenters. The van der Waals surface area contributed by atoms with Gasteiger partial charge in [0.25, 0.3) is 0 Å². The lowest BCUT2D eigenvalue weighted by Crippen LogP contribution is -2.14. The van der Waals surface area contributed by atoms with E-state index in [1.165, 1.54) is 22.4 Å². The highest BCUT2D eigenvalue weighted by Crippen LogP contribution is 2.11. The SMILES string of the molecule is CCOCc1ccccc1CNCc1cnn(C)c1C. The van der Waals surface area contributed by atoms with Gasteiger partial charge < -0.3 is 10.1 Å². The molecule has 0 aliphatic heterocycles. The molecule has 0 saturated carbocycles. The van der Waals surface area contributed by atoms with Crippen LogP contribution in [0, 0.1) is 6.92 Å². The minimum Gasteiger partial charge on any atom is -0.377 e. The molecule has 20 heavy (non-hydrogen) atoms. The van der Waals surface area contributed by atoms with E-state index in [9.17, 15) is 0 Å². The van der Waals surface area contributed by atoms with Gasteiger partial charge in [-0.2, -0.15) is 5.10 Å². The largest absolute Gasteiger partial charge is 0.377 e. The van der Waals surface area contributed by atoms with Crippen LogP contribution in [-0.4, -0.2) is 16.4 Å². The van der Waals surface area contributed by atoms with Gasteiger partial charge >= 0.3 is 0 Å². The summed E-state index contributed by atoms with van der Waals surface area (Å²) in [5.41, 5.74) is 5.00. The molecule has 1 N–H and O–H groups in total. The number of aromatic nitrogens is 2. The first-order chi connectivity index (χ1) is 9.72. The first-order valence-corrected chi connectivity index (χ1v) is 7.05. The first-order valence-electron chi connectivity index (χ1n) is 7.05. The van der Waals surface area contributed by atoms with Gasteiger partial charge in [-0.25, -0.2) is 0 Å². The fraction of sp³-hybridized carbons (Fsp3) is 0.438. The molecule has 0 amide bonds. The Labute approximate surface area is 120 Å². The Morgan fingerprint density at radius 2 is 1.85 bits per heavy atom. The van der Waals surface area contributed by atoms with Gasteiger partial charge in [0, 0.05) is 38.0 Å². The number of hydrogen-bond acceptors (Lipinski definition) is 3. The summed E-state index contributed by atoms with van der Waals surface area (Å²) in [6.45, 7) is 7.22. The van der Waals surface area contributed by atoms with Gasteiger partial charge in [0.05, 0.1) is 12.8 Å². The van der Waals surface area contributed by atoms with E-state index in [1.807, 2.05) is 24.9 Å². The molecular formula is C16H23N3O. The van der Waals surface area contributed by atoms with Crippen LogP contribution in [0.5, 0.6) is 0 Å². The minimum atomic E-state index is 0.681. The molecule has 0 aliphatic rings. The van der Waals surface area contributed by atoms with Crippen molar-refractivity contribution in [3.05, 3.63) is 52.8 Å². The lowest BCUT2D eigenvalue weighted by Gasteiger charge is -2.10. The molecule has 2 rings (SSSR count). The van der Waals surface area contributed by atoms with E-state index >= 15 is 0 Å². The zero-order chi connectivity index (χ0) is 14.4. The standard InChI is InChI=1S/C16H23N3O/c1-4-20-12-15-8-6-5-7-14(15)9-17-10-16-11-18-19(3)13(16)2/h5-8,11,17H,4,9-10,12H2,1-3H3. The first kappa shape index (κ1) is 14.8. The van der Waals surface area contributed by atoms with E-state index in [2.05, 4.69) is 41.6 Å². The van der Waals surface area contributed by atoms with Crippen molar-refractivity contribution in [1.29, 1.82) is 0 Å². The minimum absolute atomic E-state index is 0.681. The van der Waals surface area contributed by atoms with Crippen molar-refractivity contribution in [3.8, 4) is 0 Å². The van der Waals surface area contributed by atoms with Gasteiger partial charge in [0.15, 0.2) is 0 Å². The van der Waals surface area contributed by atoms with Crippen molar-refractivity contribution < 1.29 is 4.74 Å². The van der Waals surface area contributed by atoms with Crippen molar-refractivity contribution in [1.82, 2.24) is 15.1 Å². The zero-order valence-corrected chi connectivity index (χ0v) is 12.5. The predicted molar refractivity (Wildman–Crippen MR) is 80.3 cm³/mol. The third kappa shape index (κ3) is 3.68. The highest BCUT2D eigenvalue weighted by molar-refractivity contribution is 5.26. The summed E-state index contributed by atoms with van der Waals surface area (Å²) in [5, 5.41) is 7.74. The summed E-state index contributed by atoms with van der Waals surface area (Å²) in [7, 11) is 1.97. The molecule has 108 valence electrons. The highest BCUT2D eigenvalue weighted by atomic mass is 16.5. The quantitative estimate of drug-likeness (QED) is 0.842. The Hall–Kier alpha value is -1.65. The summed E-state index contributed by atoms with van der Waals surface area (Å²) < 4.78 is 7.41. The second-order valence-corrected chi connectivity index (χ2v) is 4.89. The van der Waals surface area contributed by atoms with Gasteiger partial charge in [-0.1, -0.05) is 24.3 Å². The van der Waals surface area contributed by atoms with E-state index in [0.29, 0.717) is 6.61 Å². The van der Waals surface area contributed by atoms with Gasteiger partial charge in [-0.05, 0) is 25.0 Å². The molecule has 2 aromatic rings. The van der Waals surface area contributed by atoms with E-state index in [4.69, 9.17) is 4.74 Å². The van der Waals surface area contributed by atoms with Crippen LogP contribution in [0.25, 0.3) is 0 Å². The van der Waals surface area contributed by atoms with Gasteiger partial charge in [-0.3, -0.25) is 4.68 Å². The van der Waals surface area contributed by atoms with E-state index in [0.717, 1.165) is 19.7 Å². The maximum atomic E-state index is 5.51. The molecule has 1 heterocycles. The van der Waals surface area contributed by atoms with Crippen LogP contribution < -0.4 is 5.32 Å². The molecule has 0 saturated heterocycles. The molecule has 0 spiro atoms. The van der Waals surface area contributed by atoms with Crippen LogP contribution in [0.4, 0.5) is 0 Å². The second-order valence-electron chi connectivity index (χ2n) is 4.89. The van der Waals surface area contributed by atoms with Crippen molar-refractivity contribution >= 4 is 0 Å². The van der Waals surface area contributed by atoms with Crippen molar-refractivity contribution in [2.45, 2.75) is 33.5 Å². The number of hydrogen-bond donors (Lipinski definition) is 1. The normalized spacial score (nSPS) is 10.9. The Balaban J connectivity index is 1.92. The number of rotatable bonds is 7. The van der Waals surface area contributed by atoms with Crippen molar-refractivity contribution in [3.63, 3.8) is 0 Å². The average molecular weight is 273 g/mol. The van der Waals surface area contributed by atoms with E-state index in [-0.39, 0.29) is 0 Å². The van der Waals surface area contributed by atoms with E-state index < -0.39 is 0 Å². The lowest BCUT2D eigenvalue weighted by molar-refractivity contribution is 0.133. The summed E-state index contributed by atoms with van der Waals surface area (Å²) in [4.78, 5) is 0. The maximum absolute atomic E-state index is 5.51. The molecule has 1 aromatic heterocycles. The summed E-state index contributed by atoms with van der Waals surface area (Å²) in [6, 6.07) is 8.41. The average Bonchev–Trinajstić information content (AvgIpc) is 2.78. The van der Waals surface area contributed by atoms with Crippen LogP contribution in [-0.2, 0) is 31.5 Å². The third-order valence-electron chi connectivity index (χ3n) is 3.55.